The third kappa shape index (κ3) is 4.63. The largest absolute Gasteiger partial charge is 0.507 e. The highest BCUT2D eigenvalue weighted by Crippen LogP contribution is 2.43. The molecule has 1 fully saturated rings. The zero-order chi connectivity index (χ0) is 26.8. The molecule has 0 radical (unpaired) electrons. The fourth-order valence-electron chi connectivity index (χ4n) is 4.73. The van der Waals surface area contributed by atoms with Crippen LogP contribution in [0.15, 0.2) is 66.2 Å². The number of aliphatic hydroxyl groups excluding tert-OH is 1. The number of amides is 1. The number of fused-ring (bicyclic) bond motifs is 1. The summed E-state index contributed by atoms with van der Waals surface area (Å²) >= 11 is 0. The summed E-state index contributed by atoms with van der Waals surface area (Å²) in [7, 11) is 3.00. The molecule has 3 aromatic rings. The van der Waals surface area contributed by atoms with Crippen molar-refractivity contribution in [3.8, 4) is 23.0 Å². The van der Waals surface area contributed by atoms with Crippen LogP contribution >= 0.6 is 0 Å². The molecular formula is C29H26FNO7. The summed E-state index contributed by atoms with van der Waals surface area (Å²) in [6, 6.07) is 15.0. The summed E-state index contributed by atoms with van der Waals surface area (Å²) in [5.74, 6) is -0.386. The Labute approximate surface area is 218 Å². The van der Waals surface area contributed by atoms with Crippen molar-refractivity contribution in [2.75, 3.05) is 34.0 Å². The summed E-state index contributed by atoms with van der Waals surface area (Å²) in [5, 5.41) is 11.4. The van der Waals surface area contributed by atoms with Gasteiger partial charge in [0.25, 0.3) is 11.7 Å². The average molecular weight is 520 g/mol. The first-order chi connectivity index (χ1) is 18.4. The van der Waals surface area contributed by atoms with Gasteiger partial charge < -0.3 is 29.0 Å². The van der Waals surface area contributed by atoms with E-state index < -0.39 is 17.7 Å². The molecule has 0 spiro atoms. The molecule has 0 aliphatic carbocycles. The number of rotatable bonds is 7. The molecule has 1 N–H and O–H groups in total. The molecule has 0 bridgehead atoms. The maximum atomic E-state index is 13.4. The number of hydrogen-bond acceptors (Lipinski definition) is 7. The van der Waals surface area contributed by atoms with E-state index in [4.69, 9.17) is 18.9 Å². The molecule has 38 heavy (non-hydrogen) atoms. The van der Waals surface area contributed by atoms with Gasteiger partial charge in [-0.3, -0.25) is 9.59 Å². The number of carbonyl (C=O) groups excluding carboxylic acids is 2. The van der Waals surface area contributed by atoms with Gasteiger partial charge in [0.15, 0.2) is 23.0 Å². The van der Waals surface area contributed by atoms with Crippen LogP contribution in [0.5, 0.6) is 23.0 Å². The SMILES string of the molecule is COc1ccc(C2/C(=C(\O)c3ccc4c(c3)OCCO4)C(=O)C(=O)N2CCc2ccc(F)cc2)cc1OC. The molecule has 196 valence electrons. The van der Waals surface area contributed by atoms with E-state index in [2.05, 4.69) is 0 Å². The Morgan fingerprint density at radius 2 is 1.66 bits per heavy atom. The second kappa shape index (κ2) is 10.5. The normalized spacial score (nSPS) is 18.0. The molecular weight excluding hydrogens is 493 g/mol. The summed E-state index contributed by atoms with van der Waals surface area (Å²) in [4.78, 5) is 28.1. The van der Waals surface area contributed by atoms with Gasteiger partial charge in [0, 0.05) is 12.1 Å². The number of likely N-dealkylation sites (tertiary alicyclic amines) is 1. The Morgan fingerprint density at radius 1 is 0.947 bits per heavy atom. The second-order valence-corrected chi connectivity index (χ2v) is 8.84. The minimum atomic E-state index is -0.900. The maximum Gasteiger partial charge on any atom is 0.295 e. The van der Waals surface area contributed by atoms with Gasteiger partial charge in [-0.2, -0.15) is 0 Å². The zero-order valence-corrected chi connectivity index (χ0v) is 20.9. The van der Waals surface area contributed by atoms with Crippen LogP contribution in [0.1, 0.15) is 22.7 Å². The van der Waals surface area contributed by atoms with Crippen molar-refractivity contribution in [3.63, 3.8) is 0 Å². The third-order valence-corrected chi connectivity index (χ3v) is 6.63. The fourth-order valence-corrected chi connectivity index (χ4v) is 4.73. The maximum absolute atomic E-state index is 13.4. The Morgan fingerprint density at radius 3 is 2.37 bits per heavy atom. The van der Waals surface area contributed by atoms with Gasteiger partial charge in [0.1, 0.15) is 24.8 Å². The van der Waals surface area contributed by atoms with Gasteiger partial charge in [-0.1, -0.05) is 18.2 Å². The fraction of sp³-hybridized carbons (Fsp3) is 0.241. The summed E-state index contributed by atoms with van der Waals surface area (Å²) < 4.78 is 35.4. The lowest BCUT2D eigenvalue weighted by molar-refractivity contribution is -0.139. The summed E-state index contributed by atoms with van der Waals surface area (Å²) in [5.41, 5.74) is 1.61. The smallest absolute Gasteiger partial charge is 0.295 e. The number of halogens is 1. The van der Waals surface area contributed by atoms with Crippen molar-refractivity contribution in [1.82, 2.24) is 4.90 Å². The number of ketones is 1. The molecule has 1 saturated heterocycles. The van der Waals surface area contributed by atoms with Gasteiger partial charge in [-0.05, 0) is 60.0 Å². The first kappa shape index (κ1) is 25.1. The first-order valence-corrected chi connectivity index (χ1v) is 12.1. The predicted molar refractivity (Wildman–Crippen MR) is 136 cm³/mol. The van der Waals surface area contributed by atoms with Crippen molar-refractivity contribution in [2.45, 2.75) is 12.5 Å². The van der Waals surface area contributed by atoms with E-state index in [0.717, 1.165) is 5.56 Å². The Kier molecular flexibility index (Phi) is 6.91. The molecule has 2 aliphatic rings. The van der Waals surface area contributed by atoms with Gasteiger partial charge in [0.2, 0.25) is 0 Å². The molecule has 3 aromatic carbocycles. The highest BCUT2D eigenvalue weighted by molar-refractivity contribution is 6.46. The second-order valence-electron chi connectivity index (χ2n) is 8.84. The van der Waals surface area contributed by atoms with E-state index in [1.165, 1.54) is 31.3 Å². The van der Waals surface area contributed by atoms with E-state index in [9.17, 15) is 19.1 Å². The quantitative estimate of drug-likeness (QED) is 0.283. The van der Waals surface area contributed by atoms with Crippen LogP contribution in [0, 0.1) is 5.82 Å². The van der Waals surface area contributed by atoms with Crippen molar-refractivity contribution in [3.05, 3.63) is 88.7 Å². The Balaban J connectivity index is 1.59. The minimum absolute atomic E-state index is 0.0574. The van der Waals surface area contributed by atoms with E-state index in [0.29, 0.717) is 53.8 Å². The van der Waals surface area contributed by atoms with Crippen molar-refractivity contribution in [2.24, 2.45) is 0 Å². The summed E-state index contributed by atoms with van der Waals surface area (Å²) in [6.07, 6.45) is 0.376. The van der Waals surface area contributed by atoms with Crippen molar-refractivity contribution >= 4 is 17.4 Å². The van der Waals surface area contributed by atoms with E-state index in [1.807, 2.05) is 0 Å². The first-order valence-electron chi connectivity index (χ1n) is 12.1. The monoisotopic (exact) mass is 519 g/mol. The van der Waals surface area contributed by atoms with Gasteiger partial charge in [0.05, 0.1) is 25.8 Å². The number of Topliss-reactive ketones (excluding diaryl/α,β-unsaturated/α-hetero) is 1. The van der Waals surface area contributed by atoms with E-state index in [1.54, 1.807) is 48.5 Å². The zero-order valence-electron chi connectivity index (χ0n) is 20.9. The lowest BCUT2D eigenvalue weighted by Gasteiger charge is -2.26. The van der Waals surface area contributed by atoms with E-state index in [-0.39, 0.29) is 23.7 Å². The molecule has 0 saturated carbocycles. The molecule has 2 aliphatic heterocycles. The van der Waals surface area contributed by atoms with Crippen LogP contribution in [0.3, 0.4) is 0 Å². The highest BCUT2D eigenvalue weighted by Gasteiger charge is 2.46. The van der Waals surface area contributed by atoms with Crippen LogP contribution in [-0.2, 0) is 16.0 Å². The molecule has 9 heteroatoms. The number of nitrogens with zero attached hydrogens (tertiary/aromatic N) is 1. The number of ether oxygens (including phenoxy) is 4. The van der Waals surface area contributed by atoms with Crippen LogP contribution in [0.25, 0.3) is 5.76 Å². The topological polar surface area (TPSA) is 94.5 Å². The molecule has 1 unspecified atom stereocenters. The standard InChI is InChI=1S/C29H26FNO7/c1-35-21-9-5-18(15-23(21)36-2)26-25(27(32)19-6-10-22-24(16-19)38-14-13-37-22)28(33)29(34)31(26)12-11-17-3-7-20(30)8-4-17/h3-10,15-16,26,32H,11-14H2,1-2H3/b27-25+. The van der Waals surface area contributed by atoms with E-state index >= 15 is 0 Å². The van der Waals surface area contributed by atoms with Crippen molar-refractivity contribution in [1.29, 1.82) is 0 Å². The number of methoxy groups -OCH3 is 2. The summed E-state index contributed by atoms with van der Waals surface area (Å²) in [6.45, 7) is 0.931. The number of benzene rings is 3. The lowest BCUT2D eigenvalue weighted by Crippen LogP contribution is -2.31. The number of carbonyl (C=O) groups is 2. The van der Waals surface area contributed by atoms with Crippen LogP contribution in [-0.4, -0.2) is 55.7 Å². The lowest BCUT2D eigenvalue weighted by atomic mass is 9.94. The average Bonchev–Trinajstić information content (AvgIpc) is 3.20. The molecule has 8 nitrogen and oxygen atoms in total. The third-order valence-electron chi connectivity index (χ3n) is 6.63. The van der Waals surface area contributed by atoms with Crippen LogP contribution in [0.4, 0.5) is 4.39 Å². The predicted octanol–water partition coefficient (Wildman–Crippen LogP) is 4.28. The highest BCUT2D eigenvalue weighted by atomic mass is 19.1. The number of aliphatic hydroxyl groups is 1. The van der Waals surface area contributed by atoms with Gasteiger partial charge in [-0.15, -0.1) is 0 Å². The molecule has 1 atom stereocenters. The molecule has 5 rings (SSSR count). The van der Waals surface area contributed by atoms with Gasteiger partial charge in [-0.25, -0.2) is 4.39 Å². The Bertz CT molecular complexity index is 1420. The number of hydrogen-bond donors (Lipinski definition) is 1. The van der Waals surface area contributed by atoms with Crippen LogP contribution < -0.4 is 18.9 Å². The van der Waals surface area contributed by atoms with Gasteiger partial charge >= 0.3 is 0 Å². The Hall–Kier alpha value is -4.53. The molecule has 1 amide bonds. The van der Waals surface area contributed by atoms with Crippen LogP contribution in [0.2, 0.25) is 0 Å². The molecule has 2 heterocycles. The van der Waals surface area contributed by atoms with Crippen molar-refractivity contribution < 1.29 is 38.0 Å². The molecule has 0 aromatic heterocycles. The minimum Gasteiger partial charge on any atom is -0.507 e.